The van der Waals surface area contributed by atoms with Gasteiger partial charge < -0.3 is 10.1 Å². The minimum absolute atomic E-state index is 0.249. The Kier molecular flexibility index (Phi) is 4.91. The van der Waals surface area contributed by atoms with Crippen LogP contribution in [0.15, 0.2) is 36.4 Å². The summed E-state index contributed by atoms with van der Waals surface area (Å²) in [5.74, 6) is -0.00255. The molecule has 1 unspecified atom stereocenters. The van der Waals surface area contributed by atoms with Gasteiger partial charge in [0.15, 0.2) is 0 Å². The van der Waals surface area contributed by atoms with Gasteiger partial charge in [0.05, 0.1) is 13.2 Å². The number of hydrogen-bond donors (Lipinski definition) is 1. The van der Waals surface area contributed by atoms with Crippen molar-refractivity contribution in [2.24, 2.45) is 0 Å². The number of aryl methyl sites for hydroxylation is 1. The zero-order valence-corrected chi connectivity index (χ0v) is 12.4. The first kappa shape index (κ1) is 15.4. The molecule has 0 saturated heterocycles. The Labute approximate surface area is 123 Å². The van der Waals surface area contributed by atoms with E-state index in [4.69, 9.17) is 4.74 Å². The van der Waals surface area contributed by atoms with E-state index in [0.717, 1.165) is 11.1 Å². The molecule has 2 aromatic carbocycles. The SMILES string of the molecule is CCNC(c1ccc(F)cc1C)c1cc(F)ccc1OC. The second-order valence-corrected chi connectivity index (χ2v) is 4.88. The number of nitrogens with one attached hydrogen (secondary N) is 1. The van der Waals surface area contributed by atoms with Crippen LogP contribution in [-0.4, -0.2) is 13.7 Å². The topological polar surface area (TPSA) is 21.3 Å². The fourth-order valence-corrected chi connectivity index (χ4v) is 2.49. The standard InChI is InChI=1S/C17H19F2NO/c1-4-20-17(14-7-5-12(18)9-11(14)2)15-10-13(19)6-8-16(15)21-3/h5-10,17,20H,4H2,1-3H3. The summed E-state index contributed by atoms with van der Waals surface area (Å²) < 4.78 is 32.3. The molecule has 0 radical (unpaired) electrons. The first-order chi connectivity index (χ1) is 10.1. The third-order valence-corrected chi connectivity index (χ3v) is 3.45. The van der Waals surface area contributed by atoms with Crippen LogP contribution in [0, 0.1) is 18.6 Å². The van der Waals surface area contributed by atoms with Gasteiger partial charge in [-0.25, -0.2) is 8.78 Å². The lowest BCUT2D eigenvalue weighted by Crippen LogP contribution is -2.23. The third-order valence-electron chi connectivity index (χ3n) is 3.45. The molecule has 0 aromatic heterocycles. The fourth-order valence-electron chi connectivity index (χ4n) is 2.49. The Morgan fingerprint density at radius 3 is 2.33 bits per heavy atom. The molecule has 0 aliphatic rings. The molecule has 0 saturated carbocycles. The van der Waals surface area contributed by atoms with E-state index >= 15 is 0 Å². The van der Waals surface area contributed by atoms with Gasteiger partial charge in [0.2, 0.25) is 0 Å². The average molecular weight is 291 g/mol. The molecule has 2 aromatic rings. The molecule has 0 fully saturated rings. The summed E-state index contributed by atoms with van der Waals surface area (Å²) in [6.45, 7) is 4.51. The molecule has 2 nitrogen and oxygen atoms in total. The Bertz CT molecular complexity index is 628. The monoisotopic (exact) mass is 291 g/mol. The first-order valence-corrected chi connectivity index (χ1v) is 6.89. The van der Waals surface area contributed by atoms with Crippen LogP contribution in [0.1, 0.15) is 29.7 Å². The van der Waals surface area contributed by atoms with Crippen molar-refractivity contribution in [3.63, 3.8) is 0 Å². The molecule has 112 valence electrons. The smallest absolute Gasteiger partial charge is 0.124 e. The van der Waals surface area contributed by atoms with E-state index in [0.29, 0.717) is 17.9 Å². The van der Waals surface area contributed by atoms with Crippen molar-refractivity contribution in [2.45, 2.75) is 19.9 Å². The predicted molar refractivity (Wildman–Crippen MR) is 79.6 cm³/mol. The van der Waals surface area contributed by atoms with Gasteiger partial charge >= 0.3 is 0 Å². The molecule has 1 atom stereocenters. The summed E-state index contributed by atoms with van der Waals surface area (Å²) in [7, 11) is 1.55. The first-order valence-electron chi connectivity index (χ1n) is 6.89. The second-order valence-electron chi connectivity index (χ2n) is 4.88. The molecule has 21 heavy (non-hydrogen) atoms. The summed E-state index contributed by atoms with van der Waals surface area (Å²) in [4.78, 5) is 0. The van der Waals surface area contributed by atoms with Gasteiger partial charge in [0.1, 0.15) is 17.4 Å². The van der Waals surface area contributed by atoms with Gasteiger partial charge in [-0.3, -0.25) is 0 Å². The van der Waals surface area contributed by atoms with Gasteiger partial charge in [-0.05, 0) is 54.9 Å². The summed E-state index contributed by atoms with van der Waals surface area (Å²) in [5.41, 5.74) is 2.42. The maximum absolute atomic E-state index is 13.6. The largest absolute Gasteiger partial charge is 0.496 e. The number of halogens is 2. The van der Waals surface area contributed by atoms with E-state index in [1.165, 1.54) is 24.3 Å². The lowest BCUT2D eigenvalue weighted by atomic mass is 9.94. The Morgan fingerprint density at radius 2 is 1.71 bits per heavy atom. The summed E-state index contributed by atoms with van der Waals surface area (Å²) in [6, 6.07) is 8.79. The maximum Gasteiger partial charge on any atom is 0.124 e. The highest BCUT2D eigenvalue weighted by molar-refractivity contribution is 5.44. The molecular weight excluding hydrogens is 272 g/mol. The number of rotatable bonds is 5. The second kappa shape index (κ2) is 6.68. The molecule has 0 amide bonds. The van der Waals surface area contributed by atoms with Crippen molar-refractivity contribution in [1.29, 1.82) is 0 Å². The summed E-state index contributed by atoms with van der Waals surface area (Å²) in [5, 5.41) is 3.31. The molecule has 4 heteroatoms. The van der Waals surface area contributed by atoms with Crippen molar-refractivity contribution in [3.05, 3.63) is 64.7 Å². The molecule has 0 bridgehead atoms. The Balaban J connectivity index is 2.55. The van der Waals surface area contributed by atoms with Crippen LogP contribution in [0.25, 0.3) is 0 Å². The van der Waals surface area contributed by atoms with Crippen molar-refractivity contribution in [3.8, 4) is 5.75 Å². The zero-order chi connectivity index (χ0) is 15.4. The van der Waals surface area contributed by atoms with E-state index in [9.17, 15) is 8.78 Å². The van der Waals surface area contributed by atoms with Crippen LogP contribution in [0.5, 0.6) is 5.75 Å². The van der Waals surface area contributed by atoms with Gasteiger partial charge in [-0.1, -0.05) is 13.0 Å². The van der Waals surface area contributed by atoms with Crippen LogP contribution >= 0.6 is 0 Å². The fraction of sp³-hybridized carbons (Fsp3) is 0.294. The normalized spacial score (nSPS) is 12.2. The van der Waals surface area contributed by atoms with Crippen LogP contribution in [0.3, 0.4) is 0 Å². The Hall–Kier alpha value is -1.94. The van der Waals surface area contributed by atoms with Crippen molar-refractivity contribution in [2.75, 3.05) is 13.7 Å². The number of hydrogen-bond acceptors (Lipinski definition) is 2. The molecule has 0 spiro atoms. The molecule has 0 aliphatic carbocycles. The number of ether oxygens (including phenoxy) is 1. The quantitative estimate of drug-likeness (QED) is 0.899. The van der Waals surface area contributed by atoms with Gasteiger partial charge in [0, 0.05) is 5.56 Å². The van der Waals surface area contributed by atoms with Crippen LogP contribution < -0.4 is 10.1 Å². The van der Waals surface area contributed by atoms with Crippen LogP contribution in [-0.2, 0) is 0 Å². The van der Waals surface area contributed by atoms with Crippen LogP contribution in [0.4, 0.5) is 8.78 Å². The van der Waals surface area contributed by atoms with Gasteiger partial charge in [-0.15, -0.1) is 0 Å². The molecular formula is C17H19F2NO. The van der Waals surface area contributed by atoms with Crippen molar-refractivity contribution >= 4 is 0 Å². The number of benzene rings is 2. The zero-order valence-electron chi connectivity index (χ0n) is 12.4. The Morgan fingerprint density at radius 1 is 1.05 bits per heavy atom. The molecule has 1 N–H and O–H groups in total. The maximum atomic E-state index is 13.6. The number of methoxy groups -OCH3 is 1. The van der Waals surface area contributed by atoms with Crippen LogP contribution in [0.2, 0.25) is 0 Å². The highest BCUT2D eigenvalue weighted by Gasteiger charge is 2.20. The average Bonchev–Trinajstić information content (AvgIpc) is 2.45. The lowest BCUT2D eigenvalue weighted by molar-refractivity contribution is 0.402. The summed E-state index contributed by atoms with van der Waals surface area (Å²) >= 11 is 0. The van der Waals surface area contributed by atoms with E-state index in [-0.39, 0.29) is 17.7 Å². The van der Waals surface area contributed by atoms with E-state index in [2.05, 4.69) is 5.32 Å². The predicted octanol–water partition coefficient (Wildman–Crippen LogP) is 3.98. The summed E-state index contributed by atoms with van der Waals surface area (Å²) in [6.07, 6.45) is 0. The molecule has 0 aliphatic heterocycles. The molecule has 2 rings (SSSR count). The molecule has 0 heterocycles. The lowest BCUT2D eigenvalue weighted by Gasteiger charge is -2.23. The minimum atomic E-state index is -0.325. The third kappa shape index (κ3) is 3.39. The van der Waals surface area contributed by atoms with Crippen molar-refractivity contribution in [1.82, 2.24) is 5.32 Å². The minimum Gasteiger partial charge on any atom is -0.496 e. The highest BCUT2D eigenvalue weighted by atomic mass is 19.1. The van der Waals surface area contributed by atoms with E-state index < -0.39 is 0 Å². The van der Waals surface area contributed by atoms with E-state index in [1.807, 2.05) is 13.8 Å². The highest BCUT2D eigenvalue weighted by Crippen LogP contribution is 2.32. The van der Waals surface area contributed by atoms with Gasteiger partial charge in [0.25, 0.3) is 0 Å². The van der Waals surface area contributed by atoms with Crippen molar-refractivity contribution < 1.29 is 13.5 Å². The van der Waals surface area contributed by atoms with Gasteiger partial charge in [-0.2, -0.15) is 0 Å². The van der Waals surface area contributed by atoms with E-state index in [1.54, 1.807) is 19.2 Å².